The van der Waals surface area contributed by atoms with E-state index < -0.39 is 0 Å². The van der Waals surface area contributed by atoms with Crippen molar-refractivity contribution in [3.05, 3.63) is 34.9 Å². The quantitative estimate of drug-likeness (QED) is 0.862. The fourth-order valence-corrected chi connectivity index (χ4v) is 1.94. The van der Waals surface area contributed by atoms with Crippen molar-refractivity contribution in [2.45, 2.75) is 19.0 Å². The highest BCUT2D eigenvalue weighted by Crippen LogP contribution is 2.13. The summed E-state index contributed by atoms with van der Waals surface area (Å²) in [7, 11) is 5.50. The maximum atomic E-state index is 11.7. The van der Waals surface area contributed by atoms with Gasteiger partial charge in [0, 0.05) is 44.7 Å². The molecule has 0 bridgehead atoms. The molecule has 1 unspecified atom stereocenters. The van der Waals surface area contributed by atoms with E-state index >= 15 is 0 Å². The lowest BCUT2D eigenvalue weighted by molar-refractivity contribution is -0.129. The highest BCUT2D eigenvalue weighted by Gasteiger charge is 2.18. The van der Waals surface area contributed by atoms with Crippen LogP contribution in [0, 0.1) is 0 Å². The third kappa shape index (κ3) is 5.19. The maximum absolute atomic E-state index is 11.7. The number of halogens is 1. The minimum atomic E-state index is 0.0468. The van der Waals surface area contributed by atoms with Gasteiger partial charge in [0.05, 0.1) is 0 Å². The predicted molar refractivity (Wildman–Crippen MR) is 79.1 cm³/mol. The summed E-state index contributed by atoms with van der Waals surface area (Å²) in [5.74, 6) is 0.0957. The lowest BCUT2D eigenvalue weighted by atomic mass is 10.1. The molecule has 0 saturated carbocycles. The maximum Gasteiger partial charge on any atom is 0.223 e. The molecule has 0 aromatic heterocycles. The zero-order valence-electron chi connectivity index (χ0n) is 11.8. The topological polar surface area (TPSA) is 49.6 Å². The molecule has 2 N–H and O–H groups in total. The number of carbonyl (C=O) groups excluding carboxylic acids is 1. The van der Waals surface area contributed by atoms with Crippen LogP contribution in [-0.2, 0) is 11.3 Å². The molecule has 0 heterocycles. The highest BCUT2D eigenvalue weighted by molar-refractivity contribution is 6.30. The van der Waals surface area contributed by atoms with Gasteiger partial charge in [0.25, 0.3) is 0 Å². The monoisotopic (exact) mass is 283 g/mol. The summed E-state index contributed by atoms with van der Waals surface area (Å²) in [6.07, 6.45) is 0.438. The van der Waals surface area contributed by atoms with Crippen LogP contribution in [0.15, 0.2) is 24.3 Å². The van der Waals surface area contributed by atoms with Gasteiger partial charge in [0.2, 0.25) is 5.91 Å². The van der Waals surface area contributed by atoms with Crippen LogP contribution in [0.1, 0.15) is 12.0 Å². The van der Waals surface area contributed by atoms with Gasteiger partial charge in [-0.05, 0) is 24.7 Å². The van der Waals surface area contributed by atoms with Crippen LogP contribution in [0.2, 0.25) is 5.02 Å². The molecule has 4 nitrogen and oxygen atoms in total. The first-order chi connectivity index (χ1) is 8.93. The van der Waals surface area contributed by atoms with Crippen LogP contribution in [0.5, 0.6) is 0 Å². The van der Waals surface area contributed by atoms with Crippen molar-refractivity contribution < 1.29 is 4.79 Å². The SMILES string of the molecule is CN(C)C(=O)CC(CN)N(C)Cc1ccc(Cl)cc1. The Morgan fingerprint density at radius 2 is 1.84 bits per heavy atom. The summed E-state index contributed by atoms with van der Waals surface area (Å²) in [5.41, 5.74) is 6.92. The normalized spacial score (nSPS) is 12.5. The summed E-state index contributed by atoms with van der Waals surface area (Å²) < 4.78 is 0. The highest BCUT2D eigenvalue weighted by atomic mass is 35.5. The molecule has 0 spiro atoms. The first kappa shape index (κ1) is 16.0. The van der Waals surface area contributed by atoms with Crippen LogP contribution in [0.4, 0.5) is 0 Å². The largest absolute Gasteiger partial charge is 0.349 e. The first-order valence-corrected chi connectivity index (χ1v) is 6.66. The van der Waals surface area contributed by atoms with Crippen LogP contribution in [0.25, 0.3) is 0 Å². The second-order valence-electron chi connectivity index (χ2n) is 4.92. The van der Waals surface area contributed by atoms with E-state index in [2.05, 4.69) is 4.90 Å². The Morgan fingerprint density at radius 3 is 2.32 bits per heavy atom. The van der Waals surface area contributed by atoms with E-state index in [0.29, 0.717) is 13.0 Å². The van der Waals surface area contributed by atoms with Gasteiger partial charge in [-0.3, -0.25) is 9.69 Å². The summed E-state index contributed by atoms with van der Waals surface area (Å²) in [6.45, 7) is 1.21. The number of nitrogens with zero attached hydrogens (tertiary/aromatic N) is 2. The zero-order chi connectivity index (χ0) is 14.4. The Morgan fingerprint density at radius 1 is 1.26 bits per heavy atom. The molecular formula is C14H22ClN3O. The minimum absolute atomic E-state index is 0.0468. The molecule has 0 aliphatic carbocycles. The second-order valence-corrected chi connectivity index (χ2v) is 5.36. The van der Waals surface area contributed by atoms with E-state index in [9.17, 15) is 4.79 Å². The third-order valence-corrected chi connectivity index (χ3v) is 3.40. The standard InChI is InChI=1S/C14H22ClN3O/c1-17(2)14(19)8-13(9-16)18(3)10-11-4-6-12(15)7-5-11/h4-7,13H,8-10,16H2,1-3H3. The second kappa shape index (κ2) is 7.48. The van der Waals surface area contributed by atoms with Gasteiger partial charge in [-0.2, -0.15) is 0 Å². The Kier molecular flexibility index (Phi) is 6.28. The molecule has 106 valence electrons. The predicted octanol–water partition coefficient (Wildman–Crippen LogP) is 1.58. The third-order valence-electron chi connectivity index (χ3n) is 3.15. The number of carbonyl (C=O) groups is 1. The Balaban J connectivity index is 2.60. The van der Waals surface area contributed by atoms with Crippen molar-refractivity contribution >= 4 is 17.5 Å². The number of rotatable bonds is 6. The average Bonchev–Trinajstić information content (AvgIpc) is 2.38. The van der Waals surface area contributed by atoms with E-state index in [1.165, 1.54) is 0 Å². The van der Waals surface area contributed by atoms with E-state index in [0.717, 1.165) is 17.1 Å². The number of amides is 1. The Hall–Kier alpha value is -1.10. The summed E-state index contributed by atoms with van der Waals surface area (Å²) in [5, 5.41) is 0.726. The van der Waals surface area contributed by atoms with Crippen molar-refractivity contribution in [3.63, 3.8) is 0 Å². The van der Waals surface area contributed by atoms with Crippen molar-refractivity contribution in [1.82, 2.24) is 9.80 Å². The fraction of sp³-hybridized carbons (Fsp3) is 0.500. The van der Waals surface area contributed by atoms with Gasteiger partial charge in [-0.1, -0.05) is 23.7 Å². The van der Waals surface area contributed by atoms with Crippen LogP contribution in [0.3, 0.4) is 0 Å². The van der Waals surface area contributed by atoms with Crippen LogP contribution in [-0.4, -0.2) is 49.4 Å². The molecule has 1 atom stereocenters. The molecule has 1 amide bonds. The van der Waals surface area contributed by atoms with Crippen LogP contribution >= 0.6 is 11.6 Å². The Bertz CT molecular complexity index is 406. The molecule has 0 aliphatic rings. The molecule has 0 saturated heterocycles. The van der Waals surface area contributed by atoms with Gasteiger partial charge in [0.15, 0.2) is 0 Å². The molecule has 1 rings (SSSR count). The van der Waals surface area contributed by atoms with Crippen LogP contribution < -0.4 is 5.73 Å². The summed E-state index contributed by atoms with van der Waals surface area (Å²) >= 11 is 5.86. The van der Waals surface area contributed by atoms with Gasteiger partial charge in [-0.15, -0.1) is 0 Å². The summed E-state index contributed by atoms with van der Waals surface area (Å²) in [6, 6.07) is 7.76. The van der Waals surface area contributed by atoms with Crippen molar-refractivity contribution in [1.29, 1.82) is 0 Å². The van der Waals surface area contributed by atoms with E-state index in [1.54, 1.807) is 19.0 Å². The molecule has 0 radical (unpaired) electrons. The number of likely N-dealkylation sites (N-methyl/N-ethyl adjacent to an activating group) is 1. The van der Waals surface area contributed by atoms with Gasteiger partial charge < -0.3 is 10.6 Å². The molecule has 0 aliphatic heterocycles. The number of hydrogen-bond acceptors (Lipinski definition) is 3. The first-order valence-electron chi connectivity index (χ1n) is 6.29. The number of hydrogen-bond donors (Lipinski definition) is 1. The fourth-order valence-electron chi connectivity index (χ4n) is 1.81. The Labute approximate surface area is 120 Å². The molecule has 19 heavy (non-hydrogen) atoms. The van der Waals surface area contributed by atoms with Gasteiger partial charge in [0.1, 0.15) is 0 Å². The van der Waals surface area contributed by atoms with Gasteiger partial charge in [-0.25, -0.2) is 0 Å². The lowest BCUT2D eigenvalue weighted by Crippen LogP contribution is -2.41. The van der Waals surface area contributed by atoms with Crippen molar-refractivity contribution in [2.75, 3.05) is 27.7 Å². The van der Waals surface area contributed by atoms with Crippen molar-refractivity contribution in [2.24, 2.45) is 5.73 Å². The van der Waals surface area contributed by atoms with Crippen molar-refractivity contribution in [3.8, 4) is 0 Å². The lowest BCUT2D eigenvalue weighted by Gasteiger charge is -2.27. The van der Waals surface area contributed by atoms with E-state index in [-0.39, 0.29) is 11.9 Å². The van der Waals surface area contributed by atoms with Gasteiger partial charge >= 0.3 is 0 Å². The number of nitrogens with two attached hydrogens (primary N) is 1. The zero-order valence-corrected chi connectivity index (χ0v) is 12.5. The van der Waals surface area contributed by atoms with E-state index in [1.807, 2.05) is 31.3 Å². The molecular weight excluding hydrogens is 262 g/mol. The average molecular weight is 284 g/mol. The molecule has 1 aromatic carbocycles. The molecule has 5 heteroatoms. The molecule has 1 aromatic rings. The number of benzene rings is 1. The smallest absolute Gasteiger partial charge is 0.223 e. The van der Waals surface area contributed by atoms with E-state index in [4.69, 9.17) is 17.3 Å². The summed E-state index contributed by atoms with van der Waals surface area (Å²) in [4.78, 5) is 15.4. The minimum Gasteiger partial charge on any atom is -0.349 e. The molecule has 0 fully saturated rings.